The van der Waals surface area contributed by atoms with Crippen LogP contribution in [0.5, 0.6) is 0 Å². The maximum absolute atomic E-state index is 12.8. The number of esters is 3. The third kappa shape index (κ3) is 60.5. The standard InChI is InChI=1S/C68H126O6/c1-4-7-10-13-16-19-22-24-25-26-27-28-29-30-31-32-33-34-35-36-37-38-39-40-41-42-43-45-46-49-52-55-58-61-67(70)73-64-65(63-72-66(69)60-57-54-51-48-21-18-15-12-9-6-3)74-68(71)62-59-56-53-50-47-44-23-20-17-14-11-8-5-2/h8,11,17,20,44,47,65H,4-7,9-10,12-16,18-19,21-43,45-46,48-64H2,1-3H3/b11-8-,20-17-,47-44-. The van der Waals surface area contributed by atoms with E-state index in [2.05, 4.69) is 57.2 Å². The lowest BCUT2D eigenvalue weighted by Gasteiger charge is -2.18. The lowest BCUT2D eigenvalue weighted by Crippen LogP contribution is -2.30. The Morgan fingerprint density at radius 3 is 0.824 bits per heavy atom. The summed E-state index contributed by atoms with van der Waals surface area (Å²) in [6.07, 6.45) is 77.8. The van der Waals surface area contributed by atoms with Crippen LogP contribution in [0.3, 0.4) is 0 Å². The zero-order valence-electron chi connectivity index (χ0n) is 49.9. The van der Waals surface area contributed by atoms with Gasteiger partial charge in [0.15, 0.2) is 6.10 Å². The van der Waals surface area contributed by atoms with E-state index in [1.54, 1.807) is 0 Å². The van der Waals surface area contributed by atoms with Crippen LogP contribution in [0.1, 0.15) is 361 Å². The van der Waals surface area contributed by atoms with Gasteiger partial charge >= 0.3 is 17.9 Å². The normalized spacial score (nSPS) is 12.2. The van der Waals surface area contributed by atoms with Crippen molar-refractivity contribution in [3.05, 3.63) is 36.5 Å². The van der Waals surface area contributed by atoms with Crippen molar-refractivity contribution in [1.29, 1.82) is 0 Å². The molecule has 1 atom stereocenters. The maximum atomic E-state index is 12.8. The van der Waals surface area contributed by atoms with E-state index in [1.807, 2.05) is 0 Å². The van der Waals surface area contributed by atoms with E-state index in [0.29, 0.717) is 19.3 Å². The van der Waals surface area contributed by atoms with Crippen LogP contribution in [0.25, 0.3) is 0 Å². The summed E-state index contributed by atoms with van der Waals surface area (Å²) >= 11 is 0. The van der Waals surface area contributed by atoms with E-state index in [1.165, 1.54) is 238 Å². The first-order valence-corrected chi connectivity index (χ1v) is 33.0. The number of allylic oxidation sites excluding steroid dienone is 6. The van der Waals surface area contributed by atoms with Crippen molar-refractivity contribution in [3.8, 4) is 0 Å². The molecule has 0 bridgehead atoms. The number of carbonyl (C=O) groups excluding carboxylic acids is 3. The number of unbranched alkanes of at least 4 members (excludes halogenated alkanes) is 44. The van der Waals surface area contributed by atoms with Crippen molar-refractivity contribution in [3.63, 3.8) is 0 Å². The Morgan fingerprint density at radius 1 is 0.284 bits per heavy atom. The Kier molecular flexibility index (Phi) is 61.1. The van der Waals surface area contributed by atoms with Gasteiger partial charge in [0.25, 0.3) is 0 Å². The Bertz CT molecular complexity index is 1240. The van der Waals surface area contributed by atoms with Gasteiger partial charge in [-0.25, -0.2) is 0 Å². The van der Waals surface area contributed by atoms with Crippen molar-refractivity contribution in [1.82, 2.24) is 0 Å². The summed E-state index contributed by atoms with van der Waals surface area (Å²) in [5.74, 6) is -0.892. The van der Waals surface area contributed by atoms with E-state index in [0.717, 1.165) is 83.5 Å². The molecule has 0 aromatic rings. The fraction of sp³-hybridized carbons (Fsp3) is 0.868. The summed E-state index contributed by atoms with van der Waals surface area (Å²) in [6, 6.07) is 0. The van der Waals surface area contributed by atoms with E-state index in [9.17, 15) is 14.4 Å². The first-order chi connectivity index (χ1) is 36.5. The van der Waals surface area contributed by atoms with Crippen molar-refractivity contribution in [2.24, 2.45) is 0 Å². The molecule has 0 saturated heterocycles. The van der Waals surface area contributed by atoms with Gasteiger partial charge in [-0.05, 0) is 51.4 Å². The van der Waals surface area contributed by atoms with E-state index in [-0.39, 0.29) is 31.1 Å². The summed E-state index contributed by atoms with van der Waals surface area (Å²) in [4.78, 5) is 38.1. The van der Waals surface area contributed by atoms with Crippen LogP contribution in [-0.4, -0.2) is 37.2 Å². The van der Waals surface area contributed by atoms with Crippen LogP contribution in [0, 0.1) is 0 Å². The molecular formula is C68H126O6. The second-order valence-corrected chi connectivity index (χ2v) is 22.4. The second kappa shape index (κ2) is 63.2. The molecule has 0 aliphatic rings. The number of hydrogen-bond acceptors (Lipinski definition) is 6. The predicted octanol–water partition coefficient (Wildman–Crippen LogP) is 22.4. The molecule has 1 unspecified atom stereocenters. The van der Waals surface area contributed by atoms with Crippen molar-refractivity contribution in [2.45, 2.75) is 367 Å². The van der Waals surface area contributed by atoms with E-state index in [4.69, 9.17) is 14.2 Å². The molecule has 74 heavy (non-hydrogen) atoms. The first-order valence-electron chi connectivity index (χ1n) is 33.0. The average molecular weight is 1040 g/mol. The molecule has 434 valence electrons. The highest BCUT2D eigenvalue weighted by Crippen LogP contribution is 2.18. The number of hydrogen-bond donors (Lipinski definition) is 0. The Hall–Kier alpha value is -2.37. The monoisotopic (exact) mass is 1040 g/mol. The van der Waals surface area contributed by atoms with Gasteiger partial charge in [0.05, 0.1) is 0 Å². The summed E-state index contributed by atoms with van der Waals surface area (Å²) in [5, 5.41) is 0. The van der Waals surface area contributed by atoms with Crippen LogP contribution in [0.4, 0.5) is 0 Å². The molecule has 0 amide bonds. The summed E-state index contributed by atoms with van der Waals surface area (Å²) in [7, 11) is 0. The predicted molar refractivity (Wildman–Crippen MR) is 321 cm³/mol. The molecule has 0 rings (SSSR count). The zero-order valence-corrected chi connectivity index (χ0v) is 49.9. The molecule has 0 N–H and O–H groups in total. The minimum atomic E-state index is -0.783. The minimum absolute atomic E-state index is 0.0795. The zero-order chi connectivity index (χ0) is 53.6. The highest BCUT2D eigenvalue weighted by Gasteiger charge is 2.19. The lowest BCUT2D eigenvalue weighted by molar-refractivity contribution is -0.167. The lowest BCUT2D eigenvalue weighted by atomic mass is 10.0. The summed E-state index contributed by atoms with van der Waals surface area (Å²) < 4.78 is 16.8. The molecule has 0 fully saturated rings. The summed E-state index contributed by atoms with van der Waals surface area (Å²) in [5.41, 5.74) is 0. The van der Waals surface area contributed by atoms with Gasteiger partial charge in [0.1, 0.15) is 13.2 Å². The van der Waals surface area contributed by atoms with Gasteiger partial charge in [0, 0.05) is 19.3 Å². The van der Waals surface area contributed by atoms with Gasteiger partial charge in [-0.2, -0.15) is 0 Å². The van der Waals surface area contributed by atoms with Crippen molar-refractivity contribution in [2.75, 3.05) is 13.2 Å². The number of ether oxygens (including phenoxy) is 3. The number of rotatable bonds is 61. The van der Waals surface area contributed by atoms with Crippen LogP contribution >= 0.6 is 0 Å². The third-order valence-corrected chi connectivity index (χ3v) is 14.9. The molecule has 6 heteroatoms. The van der Waals surface area contributed by atoms with Crippen LogP contribution in [-0.2, 0) is 28.6 Å². The quantitative estimate of drug-likeness (QED) is 0.0261. The SMILES string of the molecule is CC/C=C\C/C=C\C/C=C\CCCCCC(=O)OC(COC(=O)CCCCCCCCCCCC)COC(=O)CCCCCCCCCCCCCCCCCCCCCCCCCCCCCCCCCCC. The smallest absolute Gasteiger partial charge is 0.306 e. The van der Waals surface area contributed by atoms with Gasteiger partial charge in [-0.1, -0.05) is 327 Å². The molecular weight excluding hydrogens is 913 g/mol. The highest BCUT2D eigenvalue weighted by atomic mass is 16.6. The largest absolute Gasteiger partial charge is 0.462 e. The molecule has 0 aliphatic carbocycles. The van der Waals surface area contributed by atoms with Crippen molar-refractivity contribution < 1.29 is 28.6 Å². The second-order valence-electron chi connectivity index (χ2n) is 22.4. The molecule has 0 aromatic heterocycles. The van der Waals surface area contributed by atoms with E-state index >= 15 is 0 Å². The maximum Gasteiger partial charge on any atom is 0.306 e. The molecule has 0 radical (unpaired) electrons. The van der Waals surface area contributed by atoms with Gasteiger partial charge in [-0.3, -0.25) is 14.4 Å². The molecule has 0 spiro atoms. The topological polar surface area (TPSA) is 78.9 Å². The minimum Gasteiger partial charge on any atom is -0.462 e. The van der Waals surface area contributed by atoms with Crippen LogP contribution in [0.15, 0.2) is 36.5 Å². The summed E-state index contributed by atoms with van der Waals surface area (Å²) in [6.45, 7) is 6.54. The van der Waals surface area contributed by atoms with Gasteiger partial charge in [-0.15, -0.1) is 0 Å². The third-order valence-electron chi connectivity index (χ3n) is 14.9. The Morgan fingerprint density at radius 2 is 0.527 bits per heavy atom. The van der Waals surface area contributed by atoms with Crippen LogP contribution in [0.2, 0.25) is 0 Å². The van der Waals surface area contributed by atoms with Crippen molar-refractivity contribution >= 4 is 17.9 Å². The fourth-order valence-corrected chi connectivity index (χ4v) is 9.99. The van der Waals surface area contributed by atoms with Crippen LogP contribution < -0.4 is 0 Å². The Balaban J connectivity index is 3.99. The Labute approximate surface area is 461 Å². The fourth-order valence-electron chi connectivity index (χ4n) is 9.99. The highest BCUT2D eigenvalue weighted by molar-refractivity contribution is 5.71. The molecule has 0 aliphatic heterocycles. The van der Waals surface area contributed by atoms with Gasteiger partial charge < -0.3 is 14.2 Å². The van der Waals surface area contributed by atoms with Gasteiger partial charge in [0.2, 0.25) is 0 Å². The molecule has 0 saturated carbocycles. The number of carbonyl (C=O) groups is 3. The molecule has 6 nitrogen and oxygen atoms in total. The molecule has 0 aromatic carbocycles. The van der Waals surface area contributed by atoms with E-state index < -0.39 is 6.10 Å². The molecule has 0 heterocycles. The first kappa shape index (κ1) is 71.6. The average Bonchev–Trinajstić information content (AvgIpc) is 3.40.